The number of nitrogens with one attached hydrogen (secondary N) is 1. The second-order valence-electron chi connectivity index (χ2n) is 8.60. The van der Waals surface area contributed by atoms with Crippen molar-refractivity contribution in [3.05, 3.63) is 53.6 Å². The van der Waals surface area contributed by atoms with E-state index in [2.05, 4.69) is 5.32 Å². The summed E-state index contributed by atoms with van der Waals surface area (Å²) in [6.45, 7) is 7.52. The molecule has 168 valence electrons. The molecule has 2 atom stereocenters. The average molecular weight is 447 g/mol. The molecule has 2 aromatic carbocycles. The van der Waals surface area contributed by atoms with Crippen molar-refractivity contribution in [3.8, 4) is 11.5 Å². The van der Waals surface area contributed by atoms with E-state index in [1.165, 1.54) is 7.11 Å². The molecule has 0 aliphatic carbocycles. The number of rotatable bonds is 6. The predicted molar refractivity (Wildman–Crippen MR) is 121 cm³/mol. The van der Waals surface area contributed by atoms with Crippen LogP contribution in [0.3, 0.4) is 0 Å². The molecule has 0 unspecified atom stereocenters. The van der Waals surface area contributed by atoms with Gasteiger partial charge in [-0.2, -0.15) is 0 Å². The molecular formula is C23H30N2O5S. The molecule has 0 aromatic heterocycles. The number of amides is 1. The first-order chi connectivity index (χ1) is 14.4. The first kappa shape index (κ1) is 22.9. The van der Waals surface area contributed by atoms with Crippen molar-refractivity contribution in [2.24, 2.45) is 0 Å². The maximum Gasteiger partial charge on any atom is 0.244 e. The molecule has 8 heteroatoms. The summed E-state index contributed by atoms with van der Waals surface area (Å²) in [4.78, 5) is 13.2. The zero-order chi connectivity index (χ0) is 23.0. The van der Waals surface area contributed by atoms with E-state index >= 15 is 0 Å². The van der Waals surface area contributed by atoms with Crippen molar-refractivity contribution in [1.82, 2.24) is 5.32 Å². The lowest BCUT2D eigenvalue weighted by Gasteiger charge is -2.39. The largest absolute Gasteiger partial charge is 0.497 e. The highest BCUT2D eigenvalue weighted by Crippen LogP contribution is 2.40. The van der Waals surface area contributed by atoms with Crippen LogP contribution in [0.15, 0.2) is 42.5 Å². The van der Waals surface area contributed by atoms with Crippen molar-refractivity contribution in [2.45, 2.75) is 51.8 Å². The molecule has 1 amide bonds. The van der Waals surface area contributed by atoms with Gasteiger partial charge in [-0.05, 0) is 63.6 Å². The third-order valence-corrected chi connectivity index (χ3v) is 6.60. The standard InChI is InChI=1S/C23H30N2O5S/c1-15-7-12-19-20(14-23(3,4)30-21(19)13-15)24-22(26)16(2)25(31(6,27)28)17-8-10-18(29-5)11-9-17/h7-13,16,20H,14H2,1-6H3,(H,24,26)/t16-,20+/m1/s1. The van der Waals surface area contributed by atoms with Crippen LogP contribution < -0.4 is 19.1 Å². The number of methoxy groups -OCH3 is 1. The van der Waals surface area contributed by atoms with E-state index in [0.29, 0.717) is 17.9 Å². The lowest BCUT2D eigenvalue weighted by Crippen LogP contribution is -2.50. The van der Waals surface area contributed by atoms with Crippen LogP contribution >= 0.6 is 0 Å². The monoisotopic (exact) mass is 446 g/mol. The fourth-order valence-corrected chi connectivity index (χ4v) is 5.09. The molecule has 1 aliphatic rings. The van der Waals surface area contributed by atoms with Gasteiger partial charge in [0, 0.05) is 12.0 Å². The van der Waals surface area contributed by atoms with Crippen molar-refractivity contribution in [1.29, 1.82) is 0 Å². The number of nitrogens with zero attached hydrogens (tertiary/aromatic N) is 1. The molecule has 0 spiro atoms. The van der Waals surface area contributed by atoms with Gasteiger partial charge in [0.25, 0.3) is 0 Å². The fraction of sp³-hybridized carbons (Fsp3) is 0.435. The SMILES string of the molecule is COc1ccc(N([C@H](C)C(=O)N[C@H]2CC(C)(C)Oc3cc(C)ccc32)S(C)(=O)=O)cc1. The van der Waals surface area contributed by atoms with E-state index in [1.807, 2.05) is 39.0 Å². The van der Waals surface area contributed by atoms with Crippen molar-refractivity contribution in [2.75, 3.05) is 17.7 Å². The van der Waals surface area contributed by atoms with Crippen LogP contribution in [-0.4, -0.2) is 39.3 Å². The lowest BCUT2D eigenvalue weighted by atomic mass is 9.89. The topological polar surface area (TPSA) is 84.9 Å². The number of carbonyl (C=O) groups excluding carboxylic acids is 1. The average Bonchev–Trinajstić information content (AvgIpc) is 2.66. The Morgan fingerprint density at radius 2 is 1.87 bits per heavy atom. The predicted octanol–water partition coefficient (Wildman–Crippen LogP) is 3.58. The van der Waals surface area contributed by atoms with E-state index in [9.17, 15) is 13.2 Å². The van der Waals surface area contributed by atoms with E-state index in [1.54, 1.807) is 31.2 Å². The van der Waals surface area contributed by atoms with E-state index in [4.69, 9.17) is 9.47 Å². The van der Waals surface area contributed by atoms with Crippen LogP contribution in [0.4, 0.5) is 5.69 Å². The van der Waals surface area contributed by atoms with Gasteiger partial charge in [-0.3, -0.25) is 9.10 Å². The van der Waals surface area contributed by atoms with Crippen LogP contribution in [0.25, 0.3) is 0 Å². The van der Waals surface area contributed by atoms with E-state index in [-0.39, 0.29) is 11.9 Å². The number of aryl methyl sites for hydroxylation is 1. The molecule has 0 bridgehead atoms. The van der Waals surface area contributed by atoms with Gasteiger partial charge < -0.3 is 14.8 Å². The third-order valence-electron chi connectivity index (χ3n) is 5.36. The van der Waals surface area contributed by atoms with Gasteiger partial charge in [0.05, 0.1) is 25.1 Å². The Hall–Kier alpha value is -2.74. The smallest absolute Gasteiger partial charge is 0.244 e. The Kier molecular flexibility index (Phi) is 6.23. The minimum Gasteiger partial charge on any atom is -0.497 e. The van der Waals surface area contributed by atoms with Crippen LogP contribution in [-0.2, 0) is 14.8 Å². The molecule has 3 rings (SSSR count). The second-order valence-corrected chi connectivity index (χ2v) is 10.5. The Bertz CT molecular complexity index is 1060. The Labute approximate surface area is 184 Å². The molecule has 1 heterocycles. The van der Waals surface area contributed by atoms with Gasteiger partial charge in [-0.25, -0.2) is 8.42 Å². The number of carbonyl (C=O) groups is 1. The number of sulfonamides is 1. The molecule has 0 fully saturated rings. The second kappa shape index (κ2) is 8.42. The maximum atomic E-state index is 13.2. The molecule has 31 heavy (non-hydrogen) atoms. The third kappa shape index (κ3) is 5.12. The van der Waals surface area contributed by atoms with E-state index in [0.717, 1.165) is 27.4 Å². The molecule has 7 nitrogen and oxygen atoms in total. The summed E-state index contributed by atoms with van der Waals surface area (Å²) < 4.78 is 37.5. The van der Waals surface area contributed by atoms with Crippen LogP contribution in [0.2, 0.25) is 0 Å². The molecule has 0 radical (unpaired) electrons. The molecule has 0 saturated carbocycles. The molecule has 0 saturated heterocycles. The molecular weight excluding hydrogens is 416 g/mol. The number of benzene rings is 2. The van der Waals surface area contributed by atoms with Gasteiger partial charge >= 0.3 is 0 Å². The van der Waals surface area contributed by atoms with Gasteiger partial charge in [0.2, 0.25) is 15.9 Å². The lowest BCUT2D eigenvalue weighted by molar-refractivity contribution is -0.123. The highest BCUT2D eigenvalue weighted by Gasteiger charge is 2.37. The first-order valence-corrected chi connectivity index (χ1v) is 12.0. The molecule has 2 aromatic rings. The fourth-order valence-electron chi connectivity index (χ4n) is 3.92. The maximum absolute atomic E-state index is 13.2. The summed E-state index contributed by atoms with van der Waals surface area (Å²) in [5.41, 5.74) is 1.89. The molecule has 1 N–H and O–H groups in total. The number of hydrogen-bond donors (Lipinski definition) is 1. The van der Waals surface area contributed by atoms with Crippen molar-refractivity contribution >= 4 is 21.6 Å². The number of hydrogen-bond acceptors (Lipinski definition) is 5. The summed E-state index contributed by atoms with van der Waals surface area (Å²) in [5, 5.41) is 3.05. The minimum atomic E-state index is -3.70. The zero-order valence-electron chi connectivity index (χ0n) is 18.8. The summed E-state index contributed by atoms with van der Waals surface area (Å²) in [6.07, 6.45) is 1.67. The highest BCUT2D eigenvalue weighted by molar-refractivity contribution is 7.92. The summed E-state index contributed by atoms with van der Waals surface area (Å²) >= 11 is 0. The number of anilines is 1. The Morgan fingerprint density at radius 1 is 1.23 bits per heavy atom. The number of ether oxygens (including phenoxy) is 2. The van der Waals surface area contributed by atoms with Crippen LogP contribution in [0.5, 0.6) is 11.5 Å². The Morgan fingerprint density at radius 3 is 2.45 bits per heavy atom. The molecule has 1 aliphatic heterocycles. The summed E-state index contributed by atoms with van der Waals surface area (Å²) in [5.74, 6) is 0.963. The number of fused-ring (bicyclic) bond motifs is 1. The summed E-state index contributed by atoms with van der Waals surface area (Å²) in [6, 6.07) is 11.2. The first-order valence-electron chi connectivity index (χ1n) is 10.1. The van der Waals surface area contributed by atoms with Gasteiger partial charge in [-0.1, -0.05) is 12.1 Å². The van der Waals surface area contributed by atoms with Gasteiger partial charge in [0.15, 0.2) is 0 Å². The van der Waals surface area contributed by atoms with Gasteiger partial charge in [-0.15, -0.1) is 0 Å². The van der Waals surface area contributed by atoms with Gasteiger partial charge in [0.1, 0.15) is 23.1 Å². The van der Waals surface area contributed by atoms with Crippen LogP contribution in [0, 0.1) is 6.92 Å². The van der Waals surface area contributed by atoms with E-state index < -0.39 is 21.7 Å². The quantitative estimate of drug-likeness (QED) is 0.733. The van der Waals surface area contributed by atoms with Crippen LogP contribution in [0.1, 0.15) is 44.4 Å². The van der Waals surface area contributed by atoms with Crippen molar-refractivity contribution < 1.29 is 22.7 Å². The zero-order valence-corrected chi connectivity index (χ0v) is 19.6. The highest BCUT2D eigenvalue weighted by atomic mass is 32.2. The normalized spacial score (nSPS) is 18.3. The Balaban J connectivity index is 1.89. The van der Waals surface area contributed by atoms with Crippen molar-refractivity contribution in [3.63, 3.8) is 0 Å². The minimum absolute atomic E-state index is 0.286. The summed E-state index contributed by atoms with van der Waals surface area (Å²) in [7, 11) is -2.17.